The number of rotatable bonds is 3. The summed E-state index contributed by atoms with van der Waals surface area (Å²) >= 11 is 3.40. The average Bonchev–Trinajstić information content (AvgIpc) is 3.03. The van der Waals surface area contributed by atoms with Crippen LogP contribution in [-0.2, 0) is 4.74 Å². The summed E-state index contributed by atoms with van der Waals surface area (Å²) in [6.45, 7) is 2.05. The van der Waals surface area contributed by atoms with Crippen molar-refractivity contribution in [2.24, 2.45) is 4.99 Å². The van der Waals surface area contributed by atoms with Crippen LogP contribution in [0.2, 0.25) is 0 Å². The molecule has 2 aromatic rings. The van der Waals surface area contributed by atoms with Gasteiger partial charge in [-0.05, 0) is 25.1 Å². The lowest BCUT2D eigenvalue weighted by Crippen LogP contribution is -2.23. The third kappa shape index (κ3) is 2.48. The molecule has 6 heteroatoms. The van der Waals surface area contributed by atoms with E-state index in [1.54, 1.807) is 30.2 Å². The smallest absolute Gasteiger partial charge is 0.149 e. The fourth-order valence-electron chi connectivity index (χ4n) is 1.94. The zero-order chi connectivity index (χ0) is 13.4. The molecule has 0 saturated carbocycles. The van der Waals surface area contributed by atoms with Gasteiger partial charge in [0.15, 0.2) is 0 Å². The van der Waals surface area contributed by atoms with Crippen LogP contribution in [0.25, 0.3) is 10.2 Å². The number of methoxy groups -OCH3 is 1. The highest BCUT2D eigenvalue weighted by Crippen LogP contribution is 2.31. The van der Waals surface area contributed by atoms with Crippen molar-refractivity contribution in [3.05, 3.63) is 23.2 Å². The number of aromatic nitrogens is 1. The summed E-state index contributed by atoms with van der Waals surface area (Å²) in [6, 6.07) is 6.03. The van der Waals surface area contributed by atoms with Crippen molar-refractivity contribution in [2.45, 2.75) is 19.1 Å². The molecule has 2 unspecified atom stereocenters. The van der Waals surface area contributed by atoms with Crippen LogP contribution in [0, 0.1) is 0 Å². The Labute approximate surface area is 120 Å². The van der Waals surface area contributed by atoms with Crippen LogP contribution in [0.1, 0.15) is 11.9 Å². The predicted octanol–water partition coefficient (Wildman–Crippen LogP) is 2.78. The van der Waals surface area contributed by atoms with Crippen LogP contribution in [0.3, 0.4) is 0 Å². The maximum atomic E-state index is 5.79. The third-order valence-corrected chi connectivity index (χ3v) is 5.42. The van der Waals surface area contributed by atoms with E-state index in [0.717, 1.165) is 31.7 Å². The number of anilines is 1. The molecule has 0 aliphatic carbocycles. The van der Waals surface area contributed by atoms with Crippen molar-refractivity contribution in [3.8, 4) is 0 Å². The maximum absolute atomic E-state index is 5.79. The number of aliphatic imine (C=N–C) groups is 1. The van der Waals surface area contributed by atoms with Crippen molar-refractivity contribution in [1.29, 1.82) is 0 Å². The maximum Gasteiger partial charge on any atom is 0.149 e. The van der Waals surface area contributed by atoms with Gasteiger partial charge in [0.1, 0.15) is 10.1 Å². The zero-order valence-electron chi connectivity index (χ0n) is 10.8. The number of nitrogen functional groups attached to an aromatic ring is 1. The predicted molar refractivity (Wildman–Crippen MR) is 83.3 cm³/mol. The van der Waals surface area contributed by atoms with Gasteiger partial charge in [-0.3, -0.25) is 4.99 Å². The molecule has 0 amide bonds. The zero-order valence-corrected chi connectivity index (χ0v) is 12.4. The highest BCUT2D eigenvalue weighted by Gasteiger charge is 2.26. The number of hydrogen-bond donors (Lipinski definition) is 1. The first kappa shape index (κ1) is 12.9. The van der Waals surface area contributed by atoms with Crippen LogP contribution in [0.4, 0.5) is 5.69 Å². The monoisotopic (exact) mass is 293 g/mol. The van der Waals surface area contributed by atoms with Gasteiger partial charge in [0, 0.05) is 18.6 Å². The lowest BCUT2D eigenvalue weighted by Gasteiger charge is -2.12. The highest BCUT2D eigenvalue weighted by molar-refractivity contribution is 8.15. The lowest BCUT2D eigenvalue weighted by atomic mass is 10.2. The summed E-state index contributed by atoms with van der Waals surface area (Å²) in [5, 5.41) is 2.00. The van der Waals surface area contributed by atoms with Crippen LogP contribution in [0.15, 0.2) is 23.2 Å². The quantitative estimate of drug-likeness (QED) is 0.884. The molecule has 2 N–H and O–H groups in total. The molecule has 4 nitrogen and oxygen atoms in total. The number of nitrogens with zero attached hydrogens (tertiary/aromatic N) is 2. The van der Waals surface area contributed by atoms with Crippen LogP contribution < -0.4 is 5.73 Å². The summed E-state index contributed by atoms with van der Waals surface area (Å²) in [5.74, 6) is 0.961. The van der Waals surface area contributed by atoms with Crippen LogP contribution in [-0.4, -0.2) is 35.0 Å². The Balaban J connectivity index is 1.92. The Morgan fingerprint density at radius 2 is 2.32 bits per heavy atom. The normalized spacial score (nSPS) is 20.7. The van der Waals surface area contributed by atoms with Gasteiger partial charge in [0.05, 0.1) is 22.4 Å². The molecule has 0 fully saturated rings. The van der Waals surface area contributed by atoms with Gasteiger partial charge in [0.25, 0.3) is 0 Å². The fraction of sp³-hybridized carbons (Fsp3) is 0.385. The lowest BCUT2D eigenvalue weighted by molar-refractivity contribution is 0.103. The number of hydrogen-bond acceptors (Lipinski definition) is 6. The van der Waals surface area contributed by atoms with E-state index in [1.165, 1.54) is 0 Å². The minimum Gasteiger partial charge on any atom is -0.399 e. The third-order valence-electron chi connectivity index (χ3n) is 3.18. The van der Waals surface area contributed by atoms with Crippen molar-refractivity contribution in [3.63, 3.8) is 0 Å². The van der Waals surface area contributed by atoms with E-state index in [9.17, 15) is 0 Å². The van der Waals surface area contributed by atoms with E-state index in [-0.39, 0.29) is 12.1 Å². The van der Waals surface area contributed by atoms with Gasteiger partial charge in [-0.25, -0.2) is 4.98 Å². The van der Waals surface area contributed by atoms with Gasteiger partial charge in [0.2, 0.25) is 0 Å². The Kier molecular flexibility index (Phi) is 3.47. The molecule has 2 atom stereocenters. The minimum atomic E-state index is 0.148. The molecule has 0 saturated heterocycles. The number of thiazole rings is 1. The van der Waals surface area contributed by atoms with Gasteiger partial charge in [-0.1, -0.05) is 0 Å². The summed E-state index contributed by atoms with van der Waals surface area (Å²) in [7, 11) is 1.73. The molecule has 19 heavy (non-hydrogen) atoms. The van der Waals surface area contributed by atoms with Crippen molar-refractivity contribution >= 4 is 44.0 Å². The summed E-state index contributed by atoms with van der Waals surface area (Å²) < 4.78 is 6.45. The Bertz CT molecular complexity index is 638. The molecule has 0 bridgehead atoms. The molecule has 1 aromatic heterocycles. The fourth-order valence-corrected chi connectivity index (χ4v) is 4.20. The van der Waals surface area contributed by atoms with Gasteiger partial charge in [-0.15, -0.1) is 23.1 Å². The molecule has 0 spiro atoms. The van der Waals surface area contributed by atoms with Gasteiger partial charge >= 0.3 is 0 Å². The molecule has 1 aromatic carbocycles. The number of fused-ring (bicyclic) bond motifs is 1. The van der Waals surface area contributed by atoms with E-state index >= 15 is 0 Å². The first-order chi connectivity index (χ1) is 9.17. The molecule has 1 aliphatic rings. The van der Waals surface area contributed by atoms with E-state index in [2.05, 4.69) is 11.9 Å². The first-order valence-electron chi connectivity index (χ1n) is 6.07. The Hall–Kier alpha value is -1.11. The SMILES string of the molecule is COC(C)C1CSC(c2nc3ccc(N)cc3s2)=N1. The summed E-state index contributed by atoms with van der Waals surface area (Å²) in [6.07, 6.45) is 0.148. The molecular formula is C13H15N3OS2. The molecule has 2 heterocycles. The molecule has 100 valence electrons. The highest BCUT2D eigenvalue weighted by atomic mass is 32.2. The van der Waals surface area contributed by atoms with Crippen LogP contribution >= 0.6 is 23.1 Å². The molecular weight excluding hydrogens is 278 g/mol. The number of ether oxygens (including phenoxy) is 1. The Morgan fingerprint density at radius 1 is 1.47 bits per heavy atom. The Morgan fingerprint density at radius 3 is 3.11 bits per heavy atom. The van der Waals surface area contributed by atoms with E-state index in [1.807, 2.05) is 18.2 Å². The average molecular weight is 293 g/mol. The minimum absolute atomic E-state index is 0.148. The second kappa shape index (κ2) is 5.11. The summed E-state index contributed by atoms with van der Waals surface area (Å²) in [4.78, 5) is 9.34. The number of thioether (sulfide) groups is 1. The molecule has 1 aliphatic heterocycles. The van der Waals surface area contributed by atoms with E-state index in [4.69, 9.17) is 15.5 Å². The first-order valence-corrected chi connectivity index (χ1v) is 7.87. The van der Waals surface area contributed by atoms with Crippen LogP contribution in [0.5, 0.6) is 0 Å². The molecule has 0 radical (unpaired) electrons. The van der Waals surface area contributed by atoms with Gasteiger partial charge < -0.3 is 10.5 Å². The summed E-state index contributed by atoms with van der Waals surface area (Å²) in [5.41, 5.74) is 7.55. The van der Waals surface area contributed by atoms with Crippen molar-refractivity contribution in [2.75, 3.05) is 18.6 Å². The van der Waals surface area contributed by atoms with E-state index in [0.29, 0.717) is 0 Å². The van der Waals surface area contributed by atoms with Crippen molar-refractivity contribution in [1.82, 2.24) is 4.98 Å². The second-order valence-corrected chi connectivity index (χ2v) is 6.54. The second-order valence-electron chi connectivity index (χ2n) is 4.50. The topological polar surface area (TPSA) is 60.5 Å². The molecule has 3 rings (SSSR count). The standard InChI is InChI=1S/C13H15N3OS2/c1-7(17-2)10-6-18-12(16-10)13-15-9-4-3-8(14)5-11(9)19-13/h3-5,7,10H,6,14H2,1-2H3. The largest absolute Gasteiger partial charge is 0.399 e. The number of nitrogens with two attached hydrogens (primary N) is 1. The van der Waals surface area contributed by atoms with Gasteiger partial charge in [-0.2, -0.15) is 0 Å². The number of benzene rings is 1. The van der Waals surface area contributed by atoms with E-state index < -0.39 is 0 Å². The van der Waals surface area contributed by atoms with Crippen molar-refractivity contribution < 1.29 is 4.74 Å².